The highest BCUT2D eigenvalue weighted by atomic mass is 16.5. The van der Waals surface area contributed by atoms with Gasteiger partial charge in [0.25, 0.3) is 0 Å². The van der Waals surface area contributed by atoms with Crippen LogP contribution >= 0.6 is 0 Å². The normalized spacial score (nSPS) is 25.4. The molecule has 2 rings (SSSR count). The van der Waals surface area contributed by atoms with Crippen molar-refractivity contribution in [2.45, 2.75) is 45.6 Å². The molecule has 0 saturated heterocycles. The Bertz CT molecular complexity index is 357. The van der Waals surface area contributed by atoms with Gasteiger partial charge in [-0.3, -0.25) is 0 Å². The lowest BCUT2D eigenvalue weighted by Gasteiger charge is -2.26. The number of nitrogen functional groups attached to an aromatic ring is 1. The zero-order valence-corrected chi connectivity index (χ0v) is 10.1. The van der Waals surface area contributed by atoms with E-state index in [0.29, 0.717) is 17.7 Å². The van der Waals surface area contributed by atoms with Crippen LogP contribution in [0.5, 0.6) is 5.88 Å². The Morgan fingerprint density at radius 3 is 2.69 bits per heavy atom. The van der Waals surface area contributed by atoms with Crippen LogP contribution in [0, 0.1) is 12.8 Å². The number of hydrogen-bond acceptors (Lipinski definition) is 3. The zero-order chi connectivity index (χ0) is 11.5. The molecule has 3 nitrogen and oxygen atoms in total. The van der Waals surface area contributed by atoms with Crippen LogP contribution in [0.2, 0.25) is 0 Å². The fourth-order valence-corrected chi connectivity index (χ4v) is 2.14. The molecular weight excluding hydrogens is 200 g/mol. The summed E-state index contributed by atoms with van der Waals surface area (Å²) in [6.45, 7) is 4.28. The maximum atomic E-state index is 5.94. The Morgan fingerprint density at radius 2 is 2.00 bits per heavy atom. The van der Waals surface area contributed by atoms with Gasteiger partial charge >= 0.3 is 0 Å². The smallest absolute Gasteiger partial charge is 0.237 e. The molecular formula is C13H20N2O. The molecule has 1 heterocycles. The first-order valence-electron chi connectivity index (χ1n) is 6.04. The lowest BCUT2D eigenvalue weighted by atomic mass is 9.89. The second-order valence-electron chi connectivity index (χ2n) is 4.85. The first-order chi connectivity index (χ1) is 7.66. The van der Waals surface area contributed by atoms with Crippen LogP contribution in [0.4, 0.5) is 5.69 Å². The van der Waals surface area contributed by atoms with E-state index in [1.807, 2.05) is 13.0 Å². The van der Waals surface area contributed by atoms with Crippen molar-refractivity contribution in [1.29, 1.82) is 0 Å². The summed E-state index contributed by atoms with van der Waals surface area (Å²) in [5, 5.41) is 0. The lowest BCUT2D eigenvalue weighted by Crippen LogP contribution is -2.23. The SMILES string of the molecule is Cc1ccnc(OC2CCC(C)CC2)c1N. The van der Waals surface area contributed by atoms with E-state index in [4.69, 9.17) is 10.5 Å². The van der Waals surface area contributed by atoms with Gasteiger partial charge in [-0.05, 0) is 50.2 Å². The molecule has 0 atom stereocenters. The summed E-state index contributed by atoms with van der Waals surface area (Å²) in [4.78, 5) is 4.21. The van der Waals surface area contributed by atoms with Crippen molar-refractivity contribution < 1.29 is 4.74 Å². The summed E-state index contributed by atoms with van der Waals surface area (Å²) in [5.41, 5.74) is 7.66. The molecule has 0 spiro atoms. The summed E-state index contributed by atoms with van der Waals surface area (Å²) in [5.74, 6) is 1.45. The van der Waals surface area contributed by atoms with E-state index in [1.165, 1.54) is 12.8 Å². The first-order valence-corrected chi connectivity index (χ1v) is 6.04. The molecule has 3 heteroatoms. The maximum absolute atomic E-state index is 5.94. The fraction of sp³-hybridized carbons (Fsp3) is 0.615. The van der Waals surface area contributed by atoms with Gasteiger partial charge < -0.3 is 10.5 Å². The Hall–Kier alpha value is -1.25. The molecule has 1 fully saturated rings. The minimum Gasteiger partial charge on any atom is -0.473 e. The fourth-order valence-electron chi connectivity index (χ4n) is 2.14. The third-order valence-electron chi connectivity index (χ3n) is 3.41. The Balaban J connectivity index is 2.01. The zero-order valence-electron chi connectivity index (χ0n) is 10.1. The average Bonchev–Trinajstić information content (AvgIpc) is 2.28. The van der Waals surface area contributed by atoms with Crippen LogP contribution in [-0.4, -0.2) is 11.1 Å². The Morgan fingerprint density at radius 1 is 1.31 bits per heavy atom. The summed E-state index contributed by atoms with van der Waals surface area (Å²) < 4.78 is 5.88. The second-order valence-corrected chi connectivity index (χ2v) is 4.85. The number of anilines is 1. The lowest BCUT2D eigenvalue weighted by molar-refractivity contribution is 0.131. The number of aromatic nitrogens is 1. The van der Waals surface area contributed by atoms with Crippen molar-refractivity contribution in [3.05, 3.63) is 17.8 Å². The number of pyridine rings is 1. The summed E-state index contributed by atoms with van der Waals surface area (Å²) >= 11 is 0. The van der Waals surface area contributed by atoms with E-state index in [-0.39, 0.29) is 0 Å². The third-order valence-corrected chi connectivity index (χ3v) is 3.41. The van der Waals surface area contributed by atoms with Crippen molar-refractivity contribution in [3.63, 3.8) is 0 Å². The monoisotopic (exact) mass is 220 g/mol. The van der Waals surface area contributed by atoms with Crippen LogP contribution in [0.15, 0.2) is 12.3 Å². The largest absolute Gasteiger partial charge is 0.473 e. The van der Waals surface area contributed by atoms with E-state index in [9.17, 15) is 0 Å². The summed E-state index contributed by atoms with van der Waals surface area (Å²) in [7, 11) is 0. The third kappa shape index (κ3) is 2.46. The molecule has 0 aliphatic heterocycles. The van der Waals surface area contributed by atoms with Crippen LogP contribution in [-0.2, 0) is 0 Å². The topological polar surface area (TPSA) is 48.1 Å². The minimum absolute atomic E-state index is 0.299. The number of ether oxygens (including phenoxy) is 1. The predicted octanol–water partition coefficient (Wildman–Crippen LogP) is 2.93. The van der Waals surface area contributed by atoms with E-state index in [2.05, 4.69) is 11.9 Å². The van der Waals surface area contributed by atoms with Gasteiger partial charge in [0, 0.05) is 6.20 Å². The summed E-state index contributed by atoms with van der Waals surface area (Å²) in [6.07, 6.45) is 6.79. The highest BCUT2D eigenvalue weighted by Crippen LogP contribution is 2.29. The molecule has 0 radical (unpaired) electrons. The van der Waals surface area contributed by atoms with Crippen LogP contribution in [0.1, 0.15) is 38.2 Å². The molecule has 0 aromatic carbocycles. The predicted molar refractivity (Wildman–Crippen MR) is 65.4 cm³/mol. The van der Waals surface area contributed by atoms with E-state index in [0.717, 1.165) is 24.3 Å². The van der Waals surface area contributed by atoms with Crippen LogP contribution in [0.25, 0.3) is 0 Å². The number of hydrogen-bond donors (Lipinski definition) is 1. The van der Waals surface area contributed by atoms with E-state index >= 15 is 0 Å². The van der Waals surface area contributed by atoms with Crippen LogP contribution in [0.3, 0.4) is 0 Å². The highest BCUT2D eigenvalue weighted by molar-refractivity contribution is 5.53. The number of nitrogens with two attached hydrogens (primary N) is 1. The van der Waals surface area contributed by atoms with E-state index < -0.39 is 0 Å². The molecule has 1 aliphatic rings. The van der Waals surface area contributed by atoms with Crippen molar-refractivity contribution in [3.8, 4) is 5.88 Å². The van der Waals surface area contributed by atoms with Crippen molar-refractivity contribution in [1.82, 2.24) is 4.98 Å². The van der Waals surface area contributed by atoms with Gasteiger partial charge in [-0.1, -0.05) is 6.92 Å². The molecule has 1 aromatic heterocycles. The minimum atomic E-state index is 0.299. The first kappa shape index (κ1) is 11.2. The number of nitrogens with zero attached hydrogens (tertiary/aromatic N) is 1. The van der Waals surface area contributed by atoms with Gasteiger partial charge in [0.2, 0.25) is 5.88 Å². The van der Waals surface area contributed by atoms with Crippen molar-refractivity contribution in [2.75, 3.05) is 5.73 Å². The van der Waals surface area contributed by atoms with E-state index in [1.54, 1.807) is 6.20 Å². The van der Waals surface area contributed by atoms with Gasteiger partial charge in [0.1, 0.15) is 6.10 Å². The quantitative estimate of drug-likeness (QED) is 0.833. The average molecular weight is 220 g/mol. The highest BCUT2D eigenvalue weighted by Gasteiger charge is 2.20. The maximum Gasteiger partial charge on any atom is 0.237 e. The molecule has 1 saturated carbocycles. The molecule has 2 N–H and O–H groups in total. The van der Waals surface area contributed by atoms with Gasteiger partial charge in [-0.2, -0.15) is 0 Å². The standard InChI is InChI=1S/C13H20N2O/c1-9-3-5-11(6-4-9)16-13-12(14)10(2)7-8-15-13/h7-9,11H,3-6,14H2,1-2H3. The Labute approximate surface area is 97.0 Å². The van der Waals surface area contributed by atoms with Crippen molar-refractivity contribution >= 4 is 5.69 Å². The molecule has 16 heavy (non-hydrogen) atoms. The van der Waals surface area contributed by atoms with Crippen LogP contribution < -0.4 is 10.5 Å². The van der Waals surface area contributed by atoms with Gasteiger partial charge in [0.05, 0.1) is 5.69 Å². The van der Waals surface area contributed by atoms with Crippen molar-refractivity contribution in [2.24, 2.45) is 5.92 Å². The number of aryl methyl sites for hydroxylation is 1. The second kappa shape index (κ2) is 4.73. The van der Waals surface area contributed by atoms with Gasteiger partial charge in [0.15, 0.2) is 0 Å². The molecule has 88 valence electrons. The molecule has 1 aromatic rings. The molecule has 1 aliphatic carbocycles. The van der Waals surface area contributed by atoms with Gasteiger partial charge in [-0.25, -0.2) is 4.98 Å². The molecule has 0 unspecified atom stereocenters. The molecule has 0 bridgehead atoms. The molecule has 0 amide bonds. The number of rotatable bonds is 2. The van der Waals surface area contributed by atoms with Gasteiger partial charge in [-0.15, -0.1) is 0 Å². The Kier molecular flexibility index (Phi) is 3.32. The summed E-state index contributed by atoms with van der Waals surface area (Å²) in [6, 6.07) is 1.91.